The molecule has 5 rings (SSSR count). The number of rotatable bonds is 4. The zero-order valence-corrected chi connectivity index (χ0v) is 15.5. The molecule has 1 aliphatic heterocycles. The van der Waals surface area contributed by atoms with Crippen LogP contribution in [0.25, 0.3) is 0 Å². The first-order valence-corrected chi connectivity index (χ1v) is 10.0. The quantitative estimate of drug-likeness (QED) is 0.844. The van der Waals surface area contributed by atoms with Gasteiger partial charge in [0.15, 0.2) is 0 Å². The van der Waals surface area contributed by atoms with Gasteiger partial charge in [0, 0.05) is 55.7 Å². The Labute approximate surface area is 154 Å². The van der Waals surface area contributed by atoms with Crippen LogP contribution >= 0.6 is 0 Å². The van der Waals surface area contributed by atoms with E-state index in [-0.39, 0.29) is 0 Å². The van der Waals surface area contributed by atoms with Crippen LogP contribution in [0.4, 0.5) is 11.8 Å². The topological polar surface area (TPSA) is 58.0 Å². The number of piperazine rings is 1. The lowest BCUT2D eigenvalue weighted by Crippen LogP contribution is -2.47. The van der Waals surface area contributed by atoms with E-state index in [4.69, 9.17) is 9.97 Å². The Morgan fingerprint density at radius 1 is 0.962 bits per heavy atom. The molecule has 3 heterocycles. The van der Waals surface area contributed by atoms with Gasteiger partial charge in [0.2, 0.25) is 5.95 Å². The lowest BCUT2D eigenvalue weighted by molar-refractivity contribution is 0.629. The minimum Gasteiger partial charge on any atom is -0.353 e. The first-order valence-electron chi connectivity index (χ1n) is 10.0. The summed E-state index contributed by atoms with van der Waals surface area (Å²) < 4.78 is 0. The molecule has 2 aromatic heterocycles. The van der Waals surface area contributed by atoms with Crippen LogP contribution in [0.1, 0.15) is 54.7 Å². The molecule has 0 bridgehead atoms. The molecular formula is C20H26N6. The zero-order valence-electron chi connectivity index (χ0n) is 15.5. The van der Waals surface area contributed by atoms with E-state index in [1.54, 1.807) is 0 Å². The van der Waals surface area contributed by atoms with Crippen LogP contribution in [0, 0.1) is 0 Å². The second-order valence-corrected chi connectivity index (χ2v) is 7.68. The standard InChI is InChI=1S/C20H26N6/c1-2-14-12-21-20(22-13-14)26-10-8-25(9-11-26)19-16-4-3-5-17(16)23-18(24-19)15-6-7-15/h12-13,15H,2-11H2,1H3. The van der Waals surface area contributed by atoms with E-state index < -0.39 is 0 Å². The fraction of sp³-hybridized carbons (Fsp3) is 0.600. The molecular weight excluding hydrogens is 324 g/mol. The molecule has 0 spiro atoms. The Balaban J connectivity index is 1.33. The van der Waals surface area contributed by atoms with E-state index >= 15 is 0 Å². The Morgan fingerprint density at radius 2 is 1.69 bits per heavy atom. The van der Waals surface area contributed by atoms with Gasteiger partial charge < -0.3 is 9.80 Å². The molecule has 0 radical (unpaired) electrons. The van der Waals surface area contributed by atoms with Crippen molar-refractivity contribution >= 4 is 11.8 Å². The molecule has 2 aliphatic carbocycles. The predicted molar refractivity (Wildman–Crippen MR) is 102 cm³/mol. The average Bonchev–Trinajstić information content (AvgIpc) is 3.45. The maximum Gasteiger partial charge on any atom is 0.225 e. The molecule has 26 heavy (non-hydrogen) atoms. The Kier molecular flexibility index (Phi) is 3.98. The zero-order chi connectivity index (χ0) is 17.5. The third-order valence-electron chi connectivity index (χ3n) is 5.83. The van der Waals surface area contributed by atoms with Gasteiger partial charge >= 0.3 is 0 Å². The number of hydrogen-bond donors (Lipinski definition) is 0. The highest BCUT2D eigenvalue weighted by molar-refractivity contribution is 5.53. The molecule has 0 atom stereocenters. The third-order valence-corrected chi connectivity index (χ3v) is 5.83. The van der Waals surface area contributed by atoms with Gasteiger partial charge in [-0.3, -0.25) is 0 Å². The van der Waals surface area contributed by atoms with Gasteiger partial charge in [-0.15, -0.1) is 0 Å². The Bertz CT molecular complexity index is 791. The van der Waals surface area contributed by atoms with Crippen molar-refractivity contribution in [3.63, 3.8) is 0 Å². The van der Waals surface area contributed by atoms with E-state index in [0.29, 0.717) is 5.92 Å². The monoisotopic (exact) mass is 350 g/mol. The maximum absolute atomic E-state index is 5.02. The lowest BCUT2D eigenvalue weighted by atomic mass is 10.2. The van der Waals surface area contributed by atoms with Crippen molar-refractivity contribution < 1.29 is 0 Å². The molecule has 2 aromatic rings. The van der Waals surface area contributed by atoms with Gasteiger partial charge in [-0.1, -0.05) is 6.92 Å². The molecule has 6 nitrogen and oxygen atoms in total. The highest BCUT2D eigenvalue weighted by Crippen LogP contribution is 2.40. The van der Waals surface area contributed by atoms with E-state index in [0.717, 1.165) is 57.2 Å². The summed E-state index contributed by atoms with van der Waals surface area (Å²) in [6.07, 6.45) is 10.9. The molecule has 1 saturated carbocycles. The highest BCUT2D eigenvalue weighted by atomic mass is 15.3. The van der Waals surface area contributed by atoms with Crippen LogP contribution in [0.15, 0.2) is 12.4 Å². The summed E-state index contributed by atoms with van der Waals surface area (Å²) in [7, 11) is 0. The summed E-state index contributed by atoms with van der Waals surface area (Å²) in [5.74, 6) is 3.79. The molecule has 6 heteroatoms. The molecule has 2 fully saturated rings. The summed E-state index contributed by atoms with van der Waals surface area (Å²) in [5.41, 5.74) is 3.92. The molecule has 0 aromatic carbocycles. The van der Waals surface area contributed by atoms with Crippen LogP contribution in [0.2, 0.25) is 0 Å². The summed E-state index contributed by atoms with van der Waals surface area (Å²) in [6, 6.07) is 0. The highest BCUT2D eigenvalue weighted by Gasteiger charge is 2.31. The van der Waals surface area contributed by atoms with E-state index in [1.807, 2.05) is 12.4 Å². The van der Waals surface area contributed by atoms with Gasteiger partial charge in [-0.05, 0) is 44.1 Å². The van der Waals surface area contributed by atoms with Crippen LogP contribution in [-0.4, -0.2) is 46.1 Å². The summed E-state index contributed by atoms with van der Waals surface area (Å²) in [5, 5.41) is 0. The molecule has 136 valence electrons. The SMILES string of the molecule is CCc1cnc(N2CCN(c3nc(C4CC4)nc4c3CCC4)CC2)nc1. The van der Waals surface area contributed by atoms with E-state index in [1.165, 1.54) is 41.9 Å². The molecule has 1 saturated heterocycles. The van der Waals surface area contributed by atoms with Gasteiger partial charge in [0.1, 0.15) is 11.6 Å². The van der Waals surface area contributed by atoms with Crippen molar-refractivity contribution in [3.8, 4) is 0 Å². The van der Waals surface area contributed by atoms with Gasteiger partial charge in [-0.25, -0.2) is 19.9 Å². The van der Waals surface area contributed by atoms with Crippen LogP contribution in [0.3, 0.4) is 0 Å². The number of hydrogen-bond acceptors (Lipinski definition) is 6. The summed E-state index contributed by atoms with van der Waals surface area (Å²) in [6.45, 7) is 5.98. The fourth-order valence-corrected chi connectivity index (χ4v) is 4.03. The summed E-state index contributed by atoms with van der Waals surface area (Å²) >= 11 is 0. The van der Waals surface area contributed by atoms with Crippen molar-refractivity contribution in [1.29, 1.82) is 0 Å². The fourth-order valence-electron chi connectivity index (χ4n) is 4.03. The number of nitrogens with zero attached hydrogens (tertiary/aromatic N) is 6. The Morgan fingerprint density at radius 3 is 2.38 bits per heavy atom. The molecule has 3 aliphatic rings. The number of aromatic nitrogens is 4. The predicted octanol–water partition coefficient (Wildman–Crippen LogP) is 2.52. The lowest BCUT2D eigenvalue weighted by Gasteiger charge is -2.36. The second kappa shape index (κ2) is 6.49. The van der Waals surface area contributed by atoms with Gasteiger partial charge in [0.25, 0.3) is 0 Å². The molecule has 0 unspecified atom stereocenters. The van der Waals surface area contributed by atoms with Crippen molar-refractivity contribution in [1.82, 2.24) is 19.9 Å². The van der Waals surface area contributed by atoms with Crippen molar-refractivity contribution in [2.75, 3.05) is 36.0 Å². The van der Waals surface area contributed by atoms with E-state index in [2.05, 4.69) is 26.7 Å². The first-order chi connectivity index (χ1) is 12.8. The van der Waals surface area contributed by atoms with Crippen LogP contribution in [-0.2, 0) is 19.3 Å². The van der Waals surface area contributed by atoms with Crippen LogP contribution < -0.4 is 9.80 Å². The molecule has 0 N–H and O–H groups in total. The summed E-state index contributed by atoms with van der Waals surface area (Å²) in [4.78, 5) is 23.7. The average molecular weight is 350 g/mol. The minimum atomic E-state index is 0.617. The normalized spacial score (nSPS) is 19.7. The van der Waals surface area contributed by atoms with E-state index in [9.17, 15) is 0 Å². The van der Waals surface area contributed by atoms with Gasteiger partial charge in [-0.2, -0.15) is 0 Å². The largest absolute Gasteiger partial charge is 0.353 e. The third kappa shape index (κ3) is 2.91. The maximum atomic E-state index is 5.02. The Hall–Kier alpha value is -2.24. The second-order valence-electron chi connectivity index (χ2n) is 7.68. The van der Waals surface area contributed by atoms with Crippen molar-refractivity contribution in [3.05, 3.63) is 35.0 Å². The van der Waals surface area contributed by atoms with Crippen molar-refractivity contribution in [2.24, 2.45) is 0 Å². The minimum absolute atomic E-state index is 0.617. The number of aryl methyl sites for hydroxylation is 2. The number of anilines is 2. The van der Waals surface area contributed by atoms with Gasteiger partial charge in [0.05, 0.1) is 0 Å². The number of fused-ring (bicyclic) bond motifs is 1. The van der Waals surface area contributed by atoms with Crippen molar-refractivity contribution in [2.45, 2.75) is 51.4 Å². The first kappa shape index (κ1) is 16.0. The smallest absolute Gasteiger partial charge is 0.225 e. The molecule has 0 amide bonds. The van der Waals surface area contributed by atoms with Crippen LogP contribution in [0.5, 0.6) is 0 Å².